The third-order valence-corrected chi connectivity index (χ3v) is 1.53. The monoisotopic (exact) mass is 192 g/mol. The zero-order valence-electron chi connectivity index (χ0n) is 8.65. The summed E-state index contributed by atoms with van der Waals surface area (Å²) >= 11 is 0. The van der Waals surface area contributed by atoms with E-state index < -0.39 is 0 Å². The van der Waals surface area contributed by atoms with Crippen molar-refractivity contribution in [3.8, 4) is 5.75 Å². The first-order valence-corrected chi connectivity index (χ1v) is 4.48. The van der Waals surface area contributed by atoms with Crippen molar-refractivity contribution in [3.05, 3.63) is 29.8 Å². The third-order valence-electron chi connectivity index (χ3n) is 1.53. The SMILES string of the molecule is COc1ccc(/[C]=N/OC(C)C)cc1. The highest BCUT2D eigenvalue weighted by molar-refractivity contribution is 5.79. The molecule has 0 N–H and O–H groups in total. The fourth-order valence-electron chi connectivity index (χ4n) is 0.850. The summed E-state index contributed by atoms with van der Waals surface area (Å²) in [6, 6.07) is 7.44. The zero-order chi connectivity index (χ0) is 10.4. The highest BCUT2D eigenvalue weighted by atomic mass is 16.6. The molecule has 0 unspecified atom stereocenters. The van der Waals surface area contributed by atoms with E-state index in [0.29, 0.717) is 0 Å². The van der Waals surface area contributed by atoms with E-state index in [1.54, 1.807) is 7.11 Å². The van der Waals surface area contributed by atoms with Crippen LogP contribution in [0.5, 0.6) is 5.75 Å². The number of benzene rings is 1. The maximum absolute atomic E-state index is 5.02. The molecule has 0 aliphatic rings. The number of hydrogen-bond acceptors (Lipinski definition) is 3. The fourth-order valence-corrected chi connectivity index (χ4v) is 0.850. The second-order valence-electron chi connectivity index (χ2n) is 3.09. The topological polar surface area (TPSA) is 30.8 Å². The standard InChI is InChI=1S/C11H14NO2/c1-9(2)14-12-8-10-4-6-11(13-3)7-5-10/h4-7,9H,1-3H3. The van der Waals surface area contributed by atoms with E-state index in [0.717, 1.165) is 11.3 Å². The molecule has 0 aliphatic carbocycles. The summed E-state index contributed by atoms with van der Waals surface area (Å²) in [7, 11) is 1.63. The van der Waals surface area contributed by atoms with Crippen LogP contribution >= 0.6 is 0 Å². The lowest BCUT2D eigenvalue weighted by atomic mass is 10.2. The van der Waals surface area contributed by atoms with Crippen LogP contribution in [0.1, 0.15) is 19.4 Å². The molecule has 0 aromatic heterocycles. The first-order valence-electron chi connectivity index (χ1n) is 4.48. The van der Waals surface area contributed by atoms with E-state index in [9.17, 15) is 0 Å². The molecule has 0 aliphatic heterocycles. The van der Waals surface area contributed by atoms with Crippen LogP contribution in [0, 0.1) is 0 Å². The van der Waals surface area contributed by atoms with Crippen LogP contribution in [0.4, 0.5) is 0 Å². The Morgan fingerprint density at radius 2 is 1.86 bits per heavy atom. The molecule has 0 heterocycles. The predicted octanol–water partition coefficient (Wildman–Crippen LogP) is 2.33. The molecule has 0 atom stereocenters. The minimum absolute atomic E-state index is 0.0840. The van der Waals surface area contributed by atoms with Gasteiger partial charge in [-0.2, -0.15) is 0 Å². The van der Waals surface area contributed by atoms with E-state index >= 15 is 0 Å². The van der Waals surface area contributed by atoms with Crippen LogP contribution in [0.2, 0.25) is 0 Å². The molecule has 0 spiro atoms. The predicted molar refractivity (Wildman–Crippen MR) is 55.8 cm³/mol. The van der Waals surface area contributed by atoms with Crippen LogP contribution in [-0.4, -0.2) is 19.4 Å². The highest BCUT2D eigenvalue weighted by Crippen LogP contribution is 2.09. The molecule has 0 saturated carbocycles. The third kappa shape index (κ3) is 3.47. The van der Waals surface area contributed by atoms with Crippen molar-refractivity contribution >= 4 is 6.21 Å². The summed E-state index contributed by atoms with van der Waals surface area (Å²) in [5.74, 6) is 0.820. The van der Waals surface area contributed by atoms with Gasteiger partial charge in [0.2, 0.25) is 0 Å². The van der Waals surface area contributed by atoms with E-state index in [2.05, 4.69) is 11.4 Å². The van der Waals surface area contributed by atoms with Crippen LogP contribution in [-0.2, 0) is 4.84 Å². The molecular weight excluding hydrogens is 178 g/mol. The van der Waals surface area contributed by atoms with Gasteiger partial charge in [-0.25, -0.2) is 0 Å². The molecule has 0 saturated heterocycles. The zero-order valence-corrected chi connectivity index (χ0v) is 8.65. The van der Waals surface area contributed by atoms with Gasteiger partial charge in [0.1, 0.15) is 18.1 Å². The number of ether oxygens (including phenoxy) is 1. The Labute approximate surface area is 84.3 Å². The Hall–Kier alpha value is -1.51. The lowest BCUT2D eigenvalue weighted by Gasteiger charge is -2.00. The number of nitrogens with zero attached hydrogens (tertiary/aromatic N) is 1. The summed E-state index contributed by atoms with van der Waals surface area (Å²) in [6.07, 6.45) is 2.86. The van der Waals surface area contributed by atoms with Gasteiger partial charge in [-0.15, -0.1) is 0 Å². The van der Waals surface area contributed by atoms with Gasteiger partial charge in [0.15, 0.2) is 0 Å². The molecule has 3 nitrogen and oxygen atoms in total. The summed E-state index contributed by atoms with van der Waals surface area (Å²) in [6.45, 7) is 3.83. The van der Waals surface area contributed by atoms with Crippen molar-refractivity contribution in [3.63, 3.8) is 0 Å². The molecule has 1 radical (unpaired) electrons. The van der Waals surface area contributed by atoms with Gasteiger partial charge < -0.3 is 9.57 Å². The van der Waals surface area contributed by atoms with E-state index in [4.69, 9.17) is 9.57 Å². The molecule has 14 heavy (non-hydrogen) atoms. The van der Waals surface area contributed by atoms with Gasteiger partial charge in [0.05, 0.1) is 7.11 Å². The second kappa shape index (κ2) is 5.27. The van der Waals surface area contributed by atoms with Gasteiger partial charge in [0.25, 0.3) is 0 Å². The van der Waals surface area contributed by atoms with Crippen LogP contribution in [0.25, 0.3) is 0 Å². The van der Waals surface area contributed by atoms with Gasteiger partial charge in [-0.05, 0) is 38.1 Å². The van der Waals surface area contributed by atoms with Gasteiger partial charge in [0, 0.05) is 5.56 Å². The van der Waals surface area contributed by atoms with Crippen LogP contribution in [0.15, 0.2) is 29.4 Å². The van der Waals surface area contributed by atoms with Crippen LogP contribution in [0.3, 0.4) is 0 Å². The summed E-state index contributed by atoms with van der Waals surface area (Å²) < 4.78 is 5.02. The molecule has 0 amide bonds. The van der Waals surface area contributed by atoms with E-state index in [1.165, 1.54) is 0 Å². The molecular formula is C11H14NO2. The molecule has 3 heteroatoms. The largest absolute Gasteiger partial charge is 0.497 e. The van der Waals surface area contributed by atoms with Gasteiger partial charge >= 0.3 is 0 Å². The van der Waals surface area contributed by atoms with Crippen molar-refractivity contribution in [2.75, 3.05) is 7.11 Å². The lowest BCUT2D eigenvalue weighted by Crippen LogP contribution is -1.96. The summed E-state index contributed by atoms with van der Waals surface area (Å²) in [4.78, 5) is 4.98. The van der Waals surface area contributed by atoms with Crippen molar-refractivity contribution < 1.29 is 9.57 Å². The number of hydrogen-bond donors (Lipinski definition) is 0. The van der Waals surface area contributed by atoms with Crippen molar-refractivity contribution in [2.24, 2.45) is 5.16 Å². The Kier molecular flexibility index (Phi) is 3.98. The van der Waals surface area contributed by atoms with Gasteiger partial charge in [-0.3, -0.25) is 0 Å². The first kappa shape index (κ1) is 10.6. The van der Waals surface area contributed by atoms with Crippen LogP contribution < -0.4 is 4.74 Å². The molecule has 0 bridgehead atoms. The molecule has 1 rings (SSSR count). The molecule has 0 fully saturated rings. The minimum atomic E-state index is 0.0840. The molecule has 1 aromatic carbocycles. The summed E-state index contributed by atoms with van der Waals surface area (Å²) in [5.41, 5.74) is 0.867. The lowest BCUT2D eigenvalue weighted by molar-refractivity contribution is 0.0874. The normalized spacial score (nSPS) is 10.9. The number of rotatable bonds is 4. The van der Waals surface area contributed by atoms with E-state index in [1.807, 2.05) is 38.1 Å². The van der Waals surface area contributed by atoms with Crippen molar-refractivity contribution in [2.45, 2.75) is 20.0 Å². The Bertz CT molecular complexity index is 291. The maximum Gasteiger partial charge on any atom is 0.139 e. The second-order valence-corrected chi connectivity index (χ2v) is 3.09. The Morgan fingerprint density at radius 1 is 1.21 bits per heavy atom. The first-order chi connectivity index (χ1) is 6.72. The average molecular weight is 192 g/mol. The van der Waals surface area contributed by atoms with E-state index in [-0.39, 0.29) is 6.10 Å². The quantitative estimate of drug-likeness (QED) is 0.541. The average Bonchev–Trinajstić information content (AvgIpc) is 2.18. The molecule has 1 aromatic rings. The van der Waals surface area contributed by atoms with Crippen molar-refractivity contribution in [1.29, 1.82) is 0 Å². The Balaban J connectivity index is 2.55. The van der Waals surface area contributed by atoms with Gasteiger partial charge in [-0.1, -0.05) is 5.16 Å². The smallest absolute Gasteiger partial charge is 0.139 e. The Morgan fingerprint density at radius 3 is 2.36 bits per heavy atom. The molecule has 75 valence electrons. The fraction of sp³-hybridized carbons (Fsp3) is 0.364. The maximum atomic E-state index is 5.02. The highest BCUT2D eigenvalue weighted by Gasteiger charge is 1.92. The number of methoxy groups -OCH3 is 1. The minimum Gasteiger partial charge on any atom is -0.497 e. The van der Waals surface area contributed by atoms with Crippen molar-refractivity contribution in [1.82, 2.24) is 0 Å². The summed E-state index contributed by atoms with van der Waals surface area (Å²) in [5, 5.41) is 3.71.